The second-order valence-electron chi connectivity index (χ2n) is 5.44. The molecule has 100 valence electrons. The average molecular weight is 286 g/mol. The van der Waals surface area contributed by atoms with Crippen molar-refractivity contribution in [1.29, 1.82) is 0 Å². The van der Waals surface area contributed by atoms with Gasteiger partial charge in [-0.25, -0.2) is 0 Å². The molecule has 0 amide bonds. The van der Waals surface area contributed by atoms with Crippen molar-refractivity contribution in [1.82, 2.24) is 5.32 Å². The molecule has 1 nitrogen and oxygen atoms in total. The summed E-state index contributed by atoms with van der Waals surface area (Å²) in [6.07, 6.45) is 6.67. The van der Waals surface area contributed by atoms with Crippen LogP contribution in [0.25, 0.3) is 0 Å². The zero-order chi connectivity index (χ0) is 13.0. The zero-order valence-electron chi connectivity index (χ0n) is 10.9. The van der Waals surface area contributed by atoms with Crippen LogP contribution in [-0.2, 0) is 6.54 Å². The molecule has 0 spiro atoms. The Bertz CT molecular complexity index is 392. The smallest absolute Gasteiger partial charge is 0.0595 e. The van der Waals surface area contributed by atoms with E-state index in [-0.39, 0.29) is 0 Å². The van der Waals surface area contributed by atoms with E-state index in [4.69, 9.17) is 23.2 Å². The number of rotatable bonds is 3. The molecule has 1 aliphatic rings. The van der Waals surface area contributed by atoms with E-state index < -0.39 is 0 Å². The Morgan fingerprint density at radius 1 is 1.11 bits per heavy atom. The number of hydrogen-bond donors (Lipinski definition) is 1. The second kappa shape index (κ2) is 6.79. The lowest BCUT2D eigenvalue weighted by atomic mass is 10.0. The van der Waals surface area contributed by atoms with Crippen LogP contribution in [0, 0.1) is 5.92 Å². The predicted molar refractivity (Wildman–Crippen MR) is 79.3 cm³/mol. The summed E-state index contributed by atoms with van der Waals surface area (Å²) >= 11 is 11.9. The molecule has 1 aromatic rings. The summed E-state index contributed by atoms with van der Waals surface area (Å²) in [5.41, 5.74) is 1.21. The van der Waals surface area contributed by atoms with E-state index in [1.54, 1.807) is 0 Å². The van der Waals surface area contributed by atoms with Crippen molar-refractivity contribution in [2.75, 3.05) is 0 Å². The summed E-state index contributed by atoms with van der Waals surface area (Å²) in [4.78, 5) is 0. The van der Waals surface area contributed by atoms with Gasteiger partial charge in [-0.15, -0.1) is 0 Å². The molecule has 3 heteroatoms. The summed E-state index contributed by atoms with van der Waals surface area (Å²) < 4.78 is 0. The molecule has 0 aromatic heterocycles. The molecular weight excluding hydrogens is 265 g/mol. The molecule has 1 aliphatic carbocycles. The number of benzene rings is 1. The molecular formula is C15H21Cl2N. The van der Waals surface area contributed by atoms with Crippen LogP contribution >= 0.6 is 23.2 Å². The van der Waals surface area contributed by atoms with E-state index in [1.165, 1.54) is 37.7 Å². The quantitative estimate of drug-likeness (QED) is 0.766. The summed E-state index contributed by atoms with van der Waals surface area (Å²) in [7, 11) is 0. The van der Waals surface area contributed by atoms with Gasteiger partial charge in [0.2, 0.25) is 0 Å². The Labute approximate surface area is 120 Å². The van der Waals surface area contributed by atoms with Crippen molar-refractivity contribution in [3.05, 3.63) is 33.8 Å². The highest BCUT2D eigenvalue weighted by Crippen LogP contribution is 2.24. The molecule has 2 atom stereocenters. The van der Waals surface area contributed by atoms with Crippen LogP contribution in [-0.4, -0.2) is 6.04 Å². The second-order valence-corrected chi connectivity index (χ2v) is 6.25. The maximum Gasteiger partial charge on any atom is 0.0595 e. The molecule has 0 bridgehead atoms. The molecule has 1 fully saturated rings. The van der Waals surface area contributed by atoms with Crippen molar-refractivity contribution in [3.8, 4) is 0 Å². The Hall–Kier alpha value is -0.240. The van der Waals surface area contributed by atoms with Crippen LogP contribution in [0.1, 0.15) is 44.6 Å². The minimum Gasteiger partial charge on any atom is -0.310 e. The molecule has 0 aliphatic heterocycles. The van der Waals surface area contributed by atoms with Crippen molar-refractivity contribution >= 4 is 23.2 Å². The first-order valence-corrected chi connectivity index (χ1v) is 7.58. The predicted octanol–water partition coefficient (Wildman–Crippen LogP) is 5.05. The molecule has 0 heterocycles. The van der Waals surface area contributed by atoms with Crippen LogP contribution in [0.4, 0.5) is 0 Å². The Kier molecular flexibility index (Phi) is 5.35. The van der Waals surface area contributed by atoms with E-state index >= 15 is 0 Å². The van der Waals surface area contributed by atoms with Crippen molar-refractivity contribution < 1.29 is 0 Å². The van der Waals surface area contributed by atoms with Crippen LogP contribution in [0.5, 0.6) is 0 Å². The fourth-order valence-electron chi connectivity index (χ4n) is 2.60. The SMILES string of the molecule is CC1CCCC(NCc2ccc(Cl)c(Cl)c2)CC1. The highest BCUT2D eigenvalue weighted by Gasteiger charge is 2.15. The minimum absolute atomic E-state index is 0.628. The third kappa shape index (κ3) is 4.15. The summed E-state index contributed by atoms with van der Waals surface area (Å²) in [6.45, 7) is 3.25. The third-order valence-electron chi connectivity index (χ3n) is 3.84. The minimum atomic E-state index is 0.628. The third-order valence-corrected chi connectivity index (χ3v) is 4.58. The van der Waals surface area contributed by atoms with Gasteiger partial charge in [0.25, 0.3) is 0 Å². The largest absolute Gasteiger partial charge is 0.310 e. The van der Waals surface area contributed by atoms with E-state index in [1.807, 2.05) is 18.2 Å². The van der Waals surface area contributed by atoms with Crippen LogP contribution < -0.4 is 5.32 Å². The van der Waals surface area contributed by atoms with Crippen LogP contribution in [0.3, 0.4) is 0 Å². The van der Waals surface area contributed by atoms with E-state index in [9.17, 15) is 0 Å². The van der Waals surface area contributed by atoms with Gasteiger partial charge < -0.3 is 5.32 Å². The van der Waals surface area contributed by atoms with Crippen molar-refractivity contribution in [2.45, 2.75) is 51.6 Å². The lowest BCUT2D eigenvalue weighted by Crippen LogP contribution is -2.27. The standard InChI is InChI=1S/C15H21Cl2N/c1-11-3-2-4-13(7-5-11)18-10-12-6-8-14(16)15(17)9-12/h6,8-9,11,13,18H,2-5,7,10H2,1H3. The first-order valence-electron chi connectivity index (χ1n) is 6.82. The molecule has 1 N–H and O–H groups in total. The summed E-state index contributed by atoms with van der Waals surface area (Å²) in [5.74, 6) is 0.891. The Morgan fingerprint density at radius 3 is 2.72 bits per heavy atom. The highest BCUT2D eigenvalue weighted by molar-refractivity contribution is 6.42. The van der Waals surface area contributed by atoms with Gasteiger partial charge in [-0.1, -0.05) is 49.0 Å². The molecule has 0 radical (unpaired) electrons. The molecule has 2 rings (SSSR count). The molecule has 18 heavy (non-hydrogen) atoms. The fraction of sp³-hybridized carbons (Fsp3) is 0.600. The highest BCUT2D eigenvalue weighted by atomic mass is 35.5. The van der Waals surface area contributed by atoms with Gasteiger partial charge in [0.1, 0.15) is 0 Å². The lowest BCUT2D eigenvalue weighted by molar-refractivity contribution is 0.447. The van der Waals surface area contributed by atoms with Gasteiger partial charge in [-0.2, -0.15) is 0 Å². The van der Waals surface area contributed by atoms with Gasteiger partial charge in [0.15, 0.2) is 0 Å². The first-order chi connectivity index (χ1) is 8.65. The number of halogens is 2. The van der Waals surface area contributed by atoms with Crippen molar-refractivity contribution in [3.63, 3.8) is 0 Å². The topological polar surface area (TPSA) is 12.0 Å². The fourth-order valence-corrected chi connectivity index (χ4v) is 2.92. The summed E-state index contributed by atoms with van der Waals surface area (Å²) in [6, 6.07) is 6.52. The molecule has 1 saturated carbocycles. The van der Waals surface area contributed by atoms with Gasteiger partial charge in [-0.05, 0) is 42.9 Å². The first kappa shape index (κ1) is 14.2. The van der Waals surface area contributed by atoms with Gasteiger partial charge in [-0.3, -0.25) is 0 Å². The van der Waals surface area contributed by atoms with Crippen LogP contribution in [0.15, 0.2) is 18.2 Å². The van der Waals surface area contributed by atoms with Gasteiger partial charge in [0, 0.05) is 12.6 Å². The average Bonchev–Trinajstić information content (AvgIpc) is 2.56. The number of nitrogens with one attached hydrogen (secondary N) is 1. The van der Waals surface area contributed by atoms with E-state index in [0.29, 0.717) is 16.1 Å². The van der Waals surface area contributed by atoms with Crippen molar-refractivity contribution in [2.24, 2.45) is 5.92 Å². The van der Waals surface area contributed by atoms with E-state index in [0.717, 1.165) is 12.5 Å². The maximum atomic E-state index is 6.02. The zero-order valence-corrected chi connectivity index (χ0v) is 12.4. The summed E-state index contributed by atoms with van der Waals surface area (Å²) in [5, 5.41) is 4.92. The Balaban J connectivity index is 1.85. The molecule has 0 saturated heterocycles. The normalized spacial score (nSPS) is 24.8. The molecule has 2 unspecified atom stereocenters. The van der Waals surface area contributed by atoms with Crippen LogP contribution in [0.2, 0.25) is 10.0 Å². The van der Waals surface area contributed by atoms with Gasteiger partial charge in [0.05, 0.1) is 10.0 Å². The number of hydrogen-bond acceptors (Lipinski definition) is 1. The lowest BCUT2D eigenvalue weighted by Gasteiger charge is -2.16. The molecule has 1 aromatic carbocycles. The monoisotopic (exact) mass is 285 g/mol. The Morgan fingerprint density at radius 2 is 1.94 bits per heavy atom. The van der Waals surface area contributed by atoms with Gasteiger partial charge >= 0.3 is 0 Å². The maximum absolute atomic E-state index is 6.02. The van der Waals surface area contributed by atoms with E-state index in [2.05, 4.69) is 12.2 Å².